The molecule has 1 aromatic rings. The van der Waals surface area contributed by atoms with E-state index >= 15 is 0 Å². The van der Waals surface area contributed by atoms with Gasteiger partial charge in [0, 0.05) is 6.04 Å². The van der Waals surface area contributed by atoms with E-state index in [-0.39, 0.29) is 0 Å². The van der Waals surface area contributed by atoms with Gasteiger partial charge in [-0.25, -0.2) is 0 Å². The standard InChI is InChI=1S/C17H28N2/c1-14-4-3-5-15(12-14)10-11-19-13-16-6-8-17(18-2)9-7-16/h3-5,12,16-19H,6-11,13H2,1-2H3. The lowest BCUT2D eigenvalue weighted by atomic mass is 9.86. The molecular formula is C17H28N2. The summed E-state index contributed by atoms with van der Waals surface area (Å²) in [5.41, 5.74) is 2.81. The van der Waals surface area contributed by atoms with Gasteiger partial charge < -0.3 is 10.6 Å². The second-order valence-electron chi connectivity index (χ2n) is 5.95. The molecule has 0 saturated heterocycles. The minimum absolute atomic E-state index is 0.767. The lowest BCUT2D eigenvalue weighted by Gasteiger charge is -2.28. The molecule has 1 fully saturated rings. The van der Waals surface area contributed by atoms with E-state index in [0.717, 1.165) is 24.9 Å². The Bertz CT molecular complexity index is 367. The molecule has 1 saturated carbocycles. The fourth-order valence-electron chi connectivity index (χ4n) is 3.06. The molecule has 106 valence electrons. The van der Waals surface area contributed by atoms with Crippen molar-refractivity contribution in [2.75, 3.05) is 20.1 Å². The number of benzene rings is 1. The summed E-state index contributed by atoms with van der Waals surface area (Å²) in [6.45, 7) is 4.47. The quantitative estimate of drug-likeness (QED) is 0.769. The Morgan fingerprint density at radius 1 is 1.16 bits per heavy atom. The molecule has 0 spiro atoms. The van der Waals surface area contributed by atoms with Gasteiger partial charge in [0.2, 0.25) is 0 Å². The van der Waals surface area contributed by atoms with Crippen LogP contribution in [-0.2, 0) is 6.42 Å². The maximum absolute atomic E-state index is 3.64. The highest BCUT2D eigenvalue weighted by molar-refractivity contribution is 5.22. The molecule has 19 heavy (non-hydrogen) atoms. The monoisotopic (exact) mass is 260 g/mol. The average Bonchev–Trinajstić information content (AvgIpc) is 2.44. The van der Waals surface area contributed by atoms with Crippen LogP contribution in [0.4, 0.5) is 0 Å². The van der Waals surface area contributed by atoms with E-state index in [1.165, 1.54) is 43.4 Å². The first kappa shape index (κ1) is 14.5. The molecule has 0 unspecified atom stereocenters. The van der Waals surface area contributed by atoms with Gasteiger partial charge in [-0.1, -0.05) is 29.8 Å². The molecular weight excluding hydrogens is 232 g/mol. The fourth-order valence-corrected chi connectivity index (χ4v) is 3.06. The van der Waals surface area contributed by atoms with Crippen LogP contribution in [0.1, 0.15) is 36.8 Å². The van der Waals surface area contributed by atoms with Crippen LogP contribution in [0, 0.1) is 12.8 Å². The summed E-state index contributed by atoms with van der Waals surface area (Å²) in [7, 11) is 2.09. The molecule has 0 heterocycles. The van der Waals surface area contributed by atoms with Gasteiger partial charge in [-0.15, -0.1) is 0 Å². The summed E-state index contributed by atoms with van der Waals surface area (Å²) >= 11 is 0. The molecule has 2 N–H and O–H groups in total. The van der Waals surface area contributed by atoms with Crippen LogP contribution < -0.4 is 10.6 Å². The van der Waals surface area contributed by atoms with E-state index in [2.05, 4.69) is 48.9 Å². The molecule has 0 bridgehead atoms. The highest BCUT2D eigenvalue weighted by Gasteiger charge is 2.19. The smallest absolute Gasteiger partial charge is 0.00642 e. The number of nitrogens with one attached hydrogen (secondary N) is 2. The SMILES string of the molecule is CNC1CCC(CNCCc2cccc(C)c2)CC1. The molecule has 0 atom stereocenters. The van der Waals surface area contributed by atoms with Crippen molar-refractivity contribution in [2.45, 2.75) is 45.1 Å². The minimum Gasteiger partial charge on any atom is -0.317 e. The molecule has 2 rings (SSSR count). The molecule has 0 amide bonds. The van der Waals surface area contributed by atoms with Gasteiger partial charge in [0.1, 0.15) is 0 Å². The lowest BCUT2D eigenvalue weighted by molar-refractivity contribution is 0.293. The summed E-state index contributed by atoms with van der Waals surface area (Å²) in [5, 5.41) is 7.03. The van der Waals surface area contributed by atoms with Crippen LogP contribution in [-0.4, -0.2) is 26.2 Å². The van der Waals surface area contributed by atoms with Crippen LogP contribution in [0.15, 0.2) is 24.3 Å². The van der Waals surface area contributed by atoms with Crippen molar-refractivity contribution in [1.82, 2.24) is 10.6 Å². The predicted octanol–water partition coefficient (Wildman–Crippen LogP) is 2.91. The van der Waals surface area contributed by atoms with Crippen LogP contribution in [0.25, 0.3) is 0 Å². The maximum Gasteiger partial charge on any atom is 0.00642 e. The third-order valence-corrected chi connectivity index (χ3v) is 4.36. The van der Waals surface area contributed by atoms with Crippen molar-refractivity contribution in [3.05, 3.63) is 35.4 Å². The lowest BCUT2D eigenvalue weighted by Crippen LogP contribution is -2.34. The first-order valence-corrected chi connectivity index (χ1v) is 7.71. The van der Waals surface area contributed by atoms with Crippen molar-refractivity contribution in [3.63, 3.8) is 0 Å². The minimum atomic E-state index is 0.767. The van der Waals surface area contributed by atoms with Gasteiger partial charge in [-0.3, -0.25) is 0 Å². The van der Waals surface area contributed by atoms with Crippen LogP contribution >= 0.6 is 0 Å². The van der Waals surface area contributed by atoms with E-state index in [1.54, 1.807) is 0 Å². The van der Waals surface area contributed by atoms with E-state index in [4.69, 9.17) is 0 Å². The van der Waals surface area contributed by atoms with Gasteiger partial charge in [-0.2, -0.15) is 0 Å². The Labute approximate surface area is 118 Å². The van der Waals surface area contributed by atoms with E-state index in [9.17, 15) is 0 Å². The third kappa shape index (κ3) is 4.96. The molecule has 2 nitrogen and oxygen atoms in total. The molecule has 0 aromatic heterocycles. The van der Waals surface area contributed by atoms with Crippen LogP contribution in [0.2, 0.25) is 0 Å². The molecule has 1 aliphatic rings. The Morgan fingerprint density at radius 3 is 2.63 bits per heavy atom. The van der Waals surface area contributed by atoms with E-state index in [0.29, 0.717) is 0 Å². The summed E-state index contributed by atoms with van der Waals surface area (Å²) in [4.78, 5) is 0. The first-order chi connectivity index (χ1) is 9.28. The molecule has 1 aromatic carbocycles. The number of aryl methyl sites for hydroxylation is 1. The van der Waals surface area contributed by atoms with Crippen LogP contribution in [0.3, 0.4) is 0 Å². The highest BCUT2D eigenvalue weighted by Crippen LogP contribution is 2.23. The van der Waals surface area contributed by atoms with E-state index < -0.39 is 0 Å². The summed E-state index contributed by atoms with van der Waals surface area (Å²) in [5.74, 6) is 0.891. The zero-order valence-corrected chi connectivity index (χ0v) is 12.4. The van der Waals surface area contributed by atoms with Crippen molar-refractivity contribution in [2.24, 2.45) is 5.92 Å². The summed E-state index contributed by atoms with van der Waals surface area (Å²) in [6, 6.07) is 9.61. The molecule has 2 heteroatoms. The summed E-state index contributed by atoms with van der Waals surface area (Å²) < 4.78 is 0. The maximum atomic E-state index is 3.64. The van der Waals surface area contributed by atoms with Gasteiger partial charge in [-0.05, 0) is 70.6 Å². The summed E-state index contributed by atoms with van der Waals surface area (Å²) in [6.07, 6.45) is 6.60. The van der Waals surface area contributed by atoms with Crippen molar-refractivity contribution >= 4 is 0 Å². The molecule has 1 aliphatic carbocycles. The van der Waals surface area contributed by atoms with Crippen molar-refractivity contribution in [3.8, 4) is 0 Å². The van der Waals surface area contributed by atoms with Crippen LogP contribution in [0.5, 0.6) is 0 Å². The Balaban J connectivity index is 1.60. The predicted molar refractivity (Wildman–Crippen MR) is 82.6 cm³/mol. The molecule has 0 radical (unpaired) electrons. The zero-order chi connectivity index (χ0) is 13.5. The second-order valence-corrected chi connectivity index (χ2v) is 5.95. The Hall–Kier alpha value is -0.860. The number of rotatable bonds is 6. The second kappa shape index (κ2) is 7.66. The Kier molecular flexibility index (Phi) is 5.87. The topological polar surface area (TPSA) is 24.1 Å². The van der Waals surface area contributed by atoms with E-state index in [1.807, 2.05) is 0 Å². The van der Waals surface area contributed by atoms with Gasteiger partial charge in [0.25, 0.3) is 0 Å². The number of hydrogen-bond acceptors (Lipinski definition) is 2. The normalized spacial score (nSPS) is 23.5. The van der Waals surface area contributed by atoms with Gasteiger partial charge >= 0.3 is 0 Å². The third-order valence-electron chi connectivity index (χ3n) is 4.36. The first-order valence-electron chi connectivity index (χ1n) is 7.71. The fraction of sp³-hybridized carbons (Fsp3) is 0.647. The largest absolute Gasteiger partial charge is 0.317 e. The van der Waals surface area contributed by atoms with Gasteiger partial charge in [0.05, 0.1) is 0 Å². The number of hydrogen-bond donors (Lipinski definition) is 2. The van der Waals surface area contributed by atoms with Crippen molar-refractivity contribution in [1.29, 1.82) is 0 Å². The highest BCUT2D eigenvalue weighted by atomic mass is 14.9. The Morgan fingerprint density at radius 2 is 1.95 bits per heavy atom. The van der Waals surface area contributed by atoms with Crippen molar-refractivity contribution < 1.29 is 0 Å². The average molecular weight is 260 g/mol. The van der Waals surface area contributed by atoms with Gasteiger partial charge in [0.15, 0.2) is 0 Å². The molecule has 0 aliphatic heterocycles. The zero-order valence-electron chi connectivity index (χ0n) is 12.4.